The number of imidazole rings is 1. The summed E-state index contributed by atoms with van der Waals surface area (Å²) in [6.45, 7) is 0. The molecule has 1 amide bonds. The van der Waals surface area contributed by atoms with E-state index in [-0.39, 0.29) is 23.6 Å². The van der Waals surface area contributed by atoms with Crippen LogP contribution in [0, 0.1) is 17.7 Å². The van der Waals surface area contributed by atoms with Crippen LogP contribution in [0.15, 0.2) is 36.5 Å². The van der Waals surface area contributed by atoms with E-state index < -0.39 is 5.54 Å². The molecule has 2 aliphatic rings. The van der Waals surface area contributed by atoms with Gasteiger partial charge in [0, 0.05) is 6.20 Å². The molecule has 6 heteroatoms. The van der Waals surface area contributed by atoms with Gasteiger partial charge in [-0.05, 0) is 67.9 Å². The normalized spacial score (nSPS) is 19.1. The van der Waals surface area contributed by atoms with Crippen LogP contribution in [0.2, 0.25) is 0 Å². The molecule has 2 heterocycles. The maximum Gasteiger partial charge on any atom is 0.244 e. The highest BCUT2D eigenvalue weighted by molar-refractivity contribution is 5.89. The van der Waals surface area contributed by atoms with Crippen molar-refractivity contribution in [2.75, 3.05) is 0 Å². The van der Waals surface area contributed by atoms with E-state index in [1.165, 1.54) is 25.0 Å². The number of amides is 1. The molecule has 5 nitrogen and oxygen atoms in total. The zero-order valence-electron chi connectivity index (χ0n) is 17.9. The number of halogens is 1. The molecular weight excluding hydrogens is 391 g/mol. The minimum atomic E-state index is -0.899. The van der Waals surface area contributed by atoms with Crippen LogP contribution in [0.1, 0.15) is 64.2 Å². The van der Waals surface area contributed by atoms with Gasteiger partial charge in [-0.25, -0.2) is 9.37 Å². The van der Waals surface area contributed by atoms with E-state index >= 15 is 0 Å². The Bertz CT molecular complexity index is 1040. The van der Waals surface area contributed by atoms with Gasteiger partial charge in [-0.15, -0.1) is 0 Å². The second-order valence-electron chi connectivity index (χ2n) is 9.35. The number of primary amides is 1. The minimum Gasteiger partial charge on any atom is -0.368 e. The fourth-order valence-electron chi connectivity index (χ4n) is 6.37. The smallest absolute Gasteiger partial charge is 0.244 e. The summed E-state index contributed by atoms with van der Waals surface area (Å²) in [4.78, 5) is 21.8. The van der Waals surface area contributed by atoms with Gasteiger partial charge in [-0.3, -0.25) is 4.79 Å². The second-order valence-corrected chi connectivity index (χ2v) is 9.35. The van der Waals surface area contributed by atoms with Crippen molar-refractivity contribution in [1.29, 1.82) is 0 Å². The number of nitrogens with zero attached hydrogens (tertiary/aromatic N) is 2. The molecular formula is C25H31FN4O. The number of carbonyl (C=O) groups is 1. The Morgan fingerprint density at radius 2 is 1.68 bits per heavy atom. The van der Waals surface area contributed by atoms with Crippen LogP contribution in [0.3, 0.4) is 0 Å². The van der Waals surface area contributed by atoms with E-state index in [9.17, 15) is 9.18 Å². The van der Waals surface area contributed by atoms with Crippen molar-refractivity contribution in [3.63, 3.8) is 0 Å². The molecule has 2 fully saturated rings. The summed E-state index contributed by atoms with van der Waals surface area (Å²) >= 11 is 0. The fraction of sp³-hybridized carbons (Fsp3) is 0.520. The Morgan fingerprint density at radius 3 is 2.23 bits per heavy atom. The lowest BCUT2D eigenvalue weighted by atomic mass is 9.63. The van der Waals surface area contributed by atoms with Crippen molar-refractivity contribution in [3.05, 3.63) is 42.3 Å². The first-order valence-electron chi connectivity index (χ1n) is 11.7. The highest BCUT2D eigenvalue weighted by Gasteiger charge is 2.53. The van der Waals surface area contributed by atoms with Crippen molar-refractivity contribution < 1.29 is 9.18 Å². The maximum atomic E-state index is 14.5. The summed E-state index contributed by atoms with van der Waals surface area (Å²) in [5.74, 6) is 0.341. The Hall–Kier alpha value is -2.63. The first kappa shape index (κ1) is 20.3. The van der Waals surface area contributed by atoms with Gasteiger partial charge < -0.3 is 15.3 Å². The number of aromatic nitrogens is 3. The van der Waals surface area contributed by atoms with Gasteiger partial charge in [0.25, 0.3) is 0 Å². The highest BCUT2D eigenvalue weighted by Crippen LogP contribution is 2.50. The van der Waals surface area contributed by atoms with Crippen LogP contribution in [-0.2, 0) is 10.3 Å². The Labute approximate surface area is 182 Å². The average Bonchev–Trinajstić information content (AvgIpc) is 3.44. The molecule has 164 valence electrons. The molecule has 0 unspecified atom stereocenters. The molecule has 0 spiro atoms. The van der Waals surface area contributed by atoms with Crippen molar-refractivity contribution in [3.8, 4) is 11.5 Å². The van der Waals surface area contributed by atoms with Crippen molar-refractivity contribution in [2.24, 2.45) is 17.6 Å². The maximum absolute atomic E-state index is 14.5. The van der Waals surface area contributed by atoms with Crippen LogP contribution in [-0.4, -0.2) is 20.4 Å². The summed E-state index contributed by atoms with van der Waals surface area (Å²) in [6.07, 6.45) is 12.5. The van der Waals surface area contributed by atoms with Crippen LogP contribution < -0.4 is 5.73 Å². The van der Waals surface area contributed by atoms with Crippen molar-refractivity contribution in [1.82, 2.24) is 14.5 Å². The molecule has 0 aliphatic heterocycles. The molecule has 2 aliphatic carbocycles. The quantitative estimate of drug-likeness (QED) is 0.569. The van der Waals surface area contributed by atoms with Crippen molar-refractivity contribution >= 4 is 16.9 Å². The third kappa shape index (κ3) is 3.27. The van der Waals surface area contributed by atoms with Gasteiger partial charge in [-0.2, -0.15) is 0 Å². The van der Waals surface area contributed by atoms with E-state index in [1.807, 2.05) is 22.9 Å². The first-order chi connectivity index (χ1) is 15.1. The monoisotopic (exact) mass is 422 g/mol. The van der Waals surface area contributed by atoms with E-state index in [0.29, 0.717) is 16.9 Å². The number of rotatable bonds is 5. The number of hydrogen-bond donors (Lipinski definition) is 2. The van der Waals surface area contributed by atoms with Gasteiger partial charge in [0.05, 0.1) is 16.7 Å². The van der Waals surface area contributed by atoms with E-state index in [4.69, 9.17) is 10.7 Å². The van der Waals surface area contributed by atoms with Crippen molar-refractivity contribution in [2.45, 2.75) is 69.7 Å². The zero-order chi connectivity index (χ0) is 21.4. The number of fused-ring (bicyclic) bond motifs is 1. The number of aromatic amines is 1. The lowest BCUT2D eigenvalue weighted by molar-refractivity contribution is -0.135. The highest BCUT2D eigenvalue weighted by atomic mass is 19.1. The number of hydrogen-bond acceptors (Lipinski definition) is 2. The Balaban J connectivity index is 1.84. The predicted octanol–water partition coefficient (Wildman–Crippen LogP) is 5.51. The SMILES string of the molecule is NC(=O)C(C1CCCCC1)(C1CCCCC1)n1c(-c2ccc[nH]2)nc2ccc(F)cc21. The van der Waals surface area contributed by atoms with Crippen LogP contribution >= 0.6 is 0 Å². The molecule has 0 saturated heterocycles. The van der Waals surface area contributed by atoms with Gasteiger partial charge in [0.15, 0.2) is 5.82 Å². The number of nitrogens with one attached hydrogen (secondary N) is 1. The Morgan fingerprint density at radius 1 is 1.03 bits per heavy atom. The fourth-order valence-corrected chi connectivity index (χ4v) is 6.37. The van der Waals surface area contributed by atoms with Crippen LogP contribution in [0.25, 0.3) is 22.6 Å². The molecule has 3 N–H and O–H groups in total. The molecule has 0 radical (unpaired) electrons. The minimum absolute atomic E-state index is 0.135. The predicted molar refractivity (Wildman–Crippen MR) is 120 cm³/mol. The Kier molecular flexibility index (Phi) is 5.32. The third-order valence-electron chi connectivity index (χ3n) is 7.68. The summed E-state index contributed by atoms with van der Waals surface area (Å²) in [6, 6.07) is 8.55. The van der Waals surface area contributed by atoms with E-state index in [0.717, 1.165) is 57.1 Å². The largest absolute Gasteiger partial charge is 0.368 e. The molecule has 1 aromatic carbocycles. The standard InChI is InChI=1S/C25H31FN4O/c26-19-13-14-20-22(16-19)30(23(29-20)21-12-7-15-28-21)25(24(27)31,17-8-3-1-4-9-17)18-10-5-2-6-11-18/h7,12-18,28H,1-6,8-11H2,(H2,27,31). The molecule has 2 aromatic heterocycles. The molecule has 31 heavy (non-hydrogen) atoms. The lowest BCUT2D eigenvalue weighted by Gasteiger charge is -2.48. The van der Waals surface area contributed by atoms with E-state index in [2.05, 4.69) is 4.98 Å². The van der Waals surface area contributed by atoms with E-state index in [1.54, 1.807) is 6.07 Å². The van der Waals surface area contributed by atoms with Gasteiger partial charge in [0.2, 0.25) is 5.91 Å². The summed E-state index contributed by atoms with van der Waals surface area (Å²) in [7, 11) is 0. The van der Waals surface area contributed by atoms with Gasteiger partial charge in [-0.1, -0.05) is 38.5 Å². The second kappa shape index (κ2) is 8.13. The summed E-state index contributed by atoms with van der Waals surface area (Å²) in [5.41, 5.74) is 7.68. The molecule has 2 saturated carbocycles. The summed E-state index contributed by atoms with van der Waals surface area (Å²) < 4.78 is 16.5. The van der Waals surface area contributed by atoms with Gasteiger partial charge >= 0.3 is 0 Å². The topological polar surface area (TPSA) is 76.7 Å². The lowest BCUT2D eigenvalue weighted by Crippen LogP contribution is -2.58. The third-order valence-corrected chi connectivity index (χ3v) is 7.68. The number of H-pyrrole nitrogens is 1. The molecule has 3 aromatic rings. The number of nitrogens with two attached hydrogens (primary N) is 1. The number of carbonyl (C=O) groups excluding carboxylic acids is 1. The molecule has 5 rings (SSSR count). The summed E-state index contributed by atoms with van der Waals surface area (Å²) in [5, 5.41) is 0. The van der Waals surface area contributed by atoms with Crippen LogP contribution in [0.5, 0.6) is 0 Å². The molecule has 0 atom stereocenters. The van der Waals surface area contributed by atoms with Gasteiger partial charge in [0.1, 0.15) is 11.4 Å². The zero-order valence-corrected chi connectivity index (χ0v) is 17.9. The number of benzene rings is 1. The van der Waals surface area contributed by atoms with Crippen LogP contribution in [0.4, 0.5) is 4.39 Å². The molecule has 0 bridgehead atoms. The first-order valence-corrected chi connectivity index (χ1v) is 11.7. The average molecular weight is 423 g/mol.